The van der Waals surface area contributed by atoms with Crippen LogP contribution in [-0.2, 0) is 6.42 Å². The third-order valence-electron chi connectivity index (χ3n) is 2.97. The molecular formula is C16H20N4O. The smallest absolute Gasteiger partial charge is 0.251 e. The molecule has 2 aromatic heterocycles. The Labute approximate surface area is 124 Å². The molecule has 0 spiro atoms. The lowest BCUT2D eigenvalue weighted by Gasteiger charge is -2.07. The van der Waals surface area contributed by atoms with Crippen molar-refractivity contribution in [3.63, 3.8) is 0 Å². The van der Waals surface area contributed by atoms with Gasteiger partial charge >= 0.3 is 0 Å². The maximum absolute atomic E-state index is 12.1. The zero-order chi connectivity index (χ0) is 14.9. The highest BCUT2D eigenvalue weighted by atomic mass is 16.1. The van der Waals surface area contributed by atoms with Crippen molar-refractivity contribution < 1.29 is 4.79 Å². The van der Waals surface area contributed by atoms with Crippen LogP contribution < -0.4 is 10.6 Å². The van der Waals surface area contributed by atoms with Crippen LogP contribution in [0.3, 0.4) is 0 Å². The summed E-state index contributed by atoms with van der Waals surface area (Å²) in [6.45, 7) is 3.49. The number of rotatable bonds is 7. The molecule has 1 amide bonds. The zero-order valence-corrected chi connectivity index (χ0v) is 12.2. The molecule has 0 unspecified atom stereocenters. The largest absolute Gasteiger partial charge is 0.370 e. The lowest BCUT2D eigenvalue weighted by molar-refractivity contribution is 0.0954. The lowest BCUT2D eigenvalue weighted by Crippen LogP contribution is -2.26. The van der Waals surface area contributed by atoms with Gasteiger partial charge in [-0.25, -0.2) is 4.98 Å². The van der Waals surface area contributed by atoms with Crippen LogP contribution in [0.25, 0.3) is 0 Å². The third-order valence-corrected chi connectivity index (χ3v) is 2.97. The first-order valence-electron chi connectivity index (χ1n) is 7.17. The molecule has 0 saturated heterocycles. The molecule has 2 rings (SSSR count). The van der Waals surface area contributed by atoms with Gasteiger partial charge in [-0.15, -0.1) is 0 Å². The van der Waals surface area contributed by atoms with E-state index in [2.05, 4.69) is 27.5 Å². The lowest BCUT2D eigenvalue weighted by atomic mass is 10.2. The molecular weight excluding hydrogens is 264 g/mol. The number of anilines is 1. The molecule has 0 fully saturated rings. The Morgan fingerprint density at radius 1 is 1.14 bits per heavy atom. The van der Waals surface area contributed by atoms with Crippen LogP contribution in [0.5, 0.6) is 0 Å². The molecule has 0 aliphatic heterocycles. The normalized spacial score (nSPS) is 10.1. The van der Waals surface area contributed by atoms with Gasteiger partial charge in [0.1, 0.15) is 5.82 Å². The van der Waals surface area contributed by atoms with Crippen LogP contribution in [-0.4, -0.2) is 29.0 Å². The van der Waals surface area contributed by atoms with Crippen LogP contribution in [0.15, 0.2) is 42.7 Å². The number of hydrogen-bond acceptors (Lipinski definition) is 4. The van der Waals surface area contributed by atoms with Crippen molar-refractivity contribution in [2.45, 2.75) is 19.8 Å². The SMILES string of the molecule is CCCNc1cc(C(=O)NCCc2ccccn2)ccn1. The molecule has 0 radical (unpaired) electrons. The average Bonchev–Trinajstić information content (AvgIpc) is 2.54. The second kappa shape index (κ2) is 7.99. The Kier molecular flexibility index (Phi) is 5.70. The summed E-state index contributed by atoms with van der Waals surface area (Å²) >= 11 is 0. The van der Waals surface area contributed by atoms with Gasteiger partial charge in [-0.2, -0.15) is 0 Å². The summed E-state index contributed by atoms with van der Waals surface area (Å²) < 4.78 is 0. The number of amides is 1. The first-order valence-corrected chi connectivity index (χ1v) is 7.17. The molecule has 0 aliphatic rings. The number of nitrogens with one attached hydrogen (secondary N) is 2. The summed E-state index contributed by atoms with van der Waals surface area (Å²) in [5.74, 6) is 0.641. The molecule has 21 heavy (non-hydrogen) atoms. The van der Waals surface area contributed by atoms with E-state index in [4.69, 9.17) is 0 Å². The Hall–Kier alpha value is -2.43. The summed E-state index contributed by atoms with van der Waals surface area (Å²) in [6.07, 6.45) is 5.14. The van der Waals surface area contributed by atoms with Crippen molar-refractivity contribution in [3.05, 3.63) is 54.0 Å². The van der Waals surface area contributed by atoms with Gasteiger partial charge in [0.05, 0.1) is 0 Å². The van der Waals surface area contributed by atoms with Crippen molar-refractivity contribution in [3.8, 4) is 0 Å². The zero-order valence-electron chi connectivity index (χ0n) is 12.2. The quantitative estimate of drug-likeness (QED) is 0.818. The number of carbonyl (C=O) groups is 1. The molecule has 5 heteroatoms. The van der Waals surface area contributed by atoms with E-state index in [0.717, 1.165) is 30.9 Å². The standard InChI is InChI=1S/C16H20N4O/c1-2-8-18-15-12-13(6-10-19-15)16(21)20-11-7-14-5-3-4-9-17-14/h3-6,9-10,12H,2,7-8,11H2,1H3,(H,18,19)(H,20,21). The maximum Gasteiger partial charge on any atom is 0.251 e. The molecule has 0 aromatic carbocycles. The Morgan fingerprint density at radius 3 is 2.81 bits per heavy atom. The van der Waals surface area contributed by atoms with Gasteiger partial charge in [0.2, 0.25) is 0 Å². The average molecular weight is 284 g/mol. The first kappa shape index (κ1) is 15.0. The highest BCUT2D eigenvalue weighted by molar-refractivity contribution is 5.94. The van der Waals surface area contributed by atoms with E-state index in [-0.39, 0.29) is 5.91 Å². The van der Waals surface area contributed by atoms with Gasteiger partial charge in [0.15, 0.2) is 0 Å². The van der Waals surface area contributed by atoms with E-state index in [1.54, 1.807) is 24.5 Å². The molecule has 110 valence electrons. The van der Waals surface area contributed by atoms with Crippen molar-refractivity contribution in [1.29, 1.82) is 0 Å². The fourth-order valence-electron chi connectivity index (χ4n) is 1.87. The fraction of sp³-hybridized carbons (Fsp3) is 0.312. The van der Waals surface area contributed by atoms with Gasteiger partial charge in [-0.05, 0) is 30.7 Å². The molecule has 0 aliphatic carbocycles. The fourth-order valence-corrected chi connectivity index (χ4v) is 1.87. The molecule has 0 atom stereocenters. The highest BCUT2D eigenvalue weighted by Crippen LogP contribution is 2.06. The Bertz CT molecular complexity index is 571. The molecule has 0 bridgehead atoms. The van der Waals surface area contributed by atoms with E-state index in [0.29, 0.717) is 12.1 Å². The number of nitrogens with zero attached hydrogens (tertiary/aromatic N) is 2. The van der Waals surface area contributed by atoms with E-state index < -0.39 is 0 Å². The van der Waals surface area contributed by atoms with E-state index in [9.17, 15) is 4.79 Å². The second-order valence-electron chi connectivity index (χ2n) is 4.68. The highest BCUT2D eigenvalue weighted by Gasteiger charge is 2.06. The van der Waals surface area contributed by atoms with Crippen LogP contribution in [0.4, 0.5) is 5.82 Å². The summed E-state index contributed by atoms with van der Waals surface area (Å²) in [7, 11) is 0. The van der Waals surface area contributed by atoms with Gasteiger partial charge < -0.3 is 10.6 Å². The first-order chi connectivity index (χ1) is 10.3. The number of pyridine rings is 2. The van der Waals surface area contributed by atoms with Gasteiger partial charge in [0.25, 0.3) is 5.91 Å². The van der Waals surface area contributed by atoms with Crippen molar-refractivity contribution in [2.24, 2.45) is 0 Å². The molecule has 2 aromatic rings. The summed E-state index contributed by atoms with van der Waals surface area (Å²) in [5, 5.41) is 6.07. The van der Waals surface area contributed by atoms with E-state index in [1.165, 1.54) is 0 Å². The van der Waals surface area contributed by atoms with Crippen LogP contribution in [0, 0.1) is 0 Å². The number of carbonyl (C=O) groups excluding carboxylic acids is 1. The van der Waals surface area contributed by atoms with Crippen molar-refractivity contribution >= 4 is 11.7 Å². The topological polar surface area (TPSA) is 66.9 Å². The summed E-state index contributed by atoms with van der Waals surface area (Å²) in [4.78, 5) is 20.5. The maximum atomic E-state index is 12.1. The molecule has 2 N–H and O–H groups in total. The van der Waals surface area contributed by atoms with Crippen LogP contribution >= 0.6 is 0 Å². The van der Waals surface area contributed by atoms with Gasteiger partial charge in [0, 0.05) is 43.2 Å². The third kappa shape index (κ3) is 4.87. The van der Waals surface area contributed by atoms with Crippen LogP contribution in [0.1, 0.15) is 29.4 Å². The predicted molar refractivity (Wildman–Crippen MR) is 83.3 cm³/mol. The van der Waals surface area contributed by atoms with Crippen molar-refractivity contribution in [2.75, 3.05) is 18.4 Å². The second-order valence-corrected chi connectivity index (χ2v) is 4.68. The molecule has 0 saturated carbocycles. The minimum absolute atomic E-state index is 0.0899. The minimum atomic E-state index is -0.0899. The van der Waals surface area contributed by atoms with Crippen LogP contribution in [0.2, 0.25) is 0 Å². The summed E-state index contributed by atoms with van der Waals surface area (Å²) in [6, 6.07) is 9.26. The minimum Gasteiger partial charge on any atom is -0.370 e. The number of hydrogen-bond donors (Lipinski definition) is 2. The Morgan fingerprint density at radius 2 is 2.05 bits per heavy atom. The van der Waals surface area contributed by atoms with Gasteiger partial charge in [-0.1, -0.05) is 13.0 Å². The summed E-state index contributed by atoms with van der Waals surface area (Å²) in [5.41, 5.74) is 1.59. The van der Waals surface area contributed by atoms with Gasteiger partial charge in [-0.3, -0.25) is 9.78 Å². The predicted octanol–water partition coefficient (Wildman–Crippen LogP) is 2.27. The Balaban J connectivity index is 1.85. The molecule has 2 heterocycles. The number of aromatic nitrogens is 2. The monoisotopic (exact) mass is 284 g/mol. The van der Waals surface area contributed by atoms with E-state index >= 15 is 0 Å². The van der Waals surface area contributed by atoms with E-state index in [1.807, 2.05) is 18.2 Å². The van der Waals surface area contributed by atoms with Crippen molar-refractivity contribution in [1.82, 2.24) is 15.3 Å². The molecule has 5 nitrogen and oxygen atoms in total.